The fourth-order valence-electron chi connectivity index (χ4n) is 1.46. The highest BCUT2D eigenvalue weighted by atomic mass is 16.6. The van der Waals surface area contributed by atoms with E-state index in [0.717, 1.165) is 0 Å². The van der Waals surface area contributed by atoms with Crippen LogP contribution in [0.4, 0.5) is 0 Å². The highest BCUT2D eigenvalue weighted by Gasteiger charge is 2.40. The Morgan fingerprint density at radius 2 is 2.08 bits per heavy atom. The smallest absolute Gasteiger partial charge is 0.172 e. The quantitative estimate of drug-likeness (QED) is 0.384. The molecule has 1 fully saturated rings. The molecule has 1 aliphatic heterocycles. The Bertz CT molecular complexity index is 185. The molecule has 1 heterocycles. The van der Waals surface area contributed by atoms with Crippen LogP contribution in [0.5, 0.6) is 0 Å². The summed E-state index contributed by atoms with van der Waals surface area (Å²) in [6.45, 7) is 3.22. The zero-order valence-electron chi connectivity index (χ0n) is 7.21. The number of rotatable bonds is 2. The highest BCUT2D eigenvalue weighted by molar-refractivity contribution is 4.98. The molecule has 0 spiro atoms. The number of aliphatic hydroxyl groups excluding tert-OH is 3. The summed E-state index contributed by atoms with van der Waals surface area (Å²) in [5.74, 6) is -0.441. The molecule has 0 unspecified atom stereocenters. The Kier molecular flexibility index (Phi) is 3.40. The molecule has 0 aromatic carbocycles. The van der Waals surface area contributed by atoms with Gasteiger partial charge < -0.3 is 25.8 Å². The van der Waals surface area contributed by atoms with Crippen LogP contribution in [0.3, 0.4) is 0 Å². The summed E-state index contributed by atoms with van der Waals surface area (Å²) in [5, 5.41) is 27.7. The maximum atomic E-state index is 9.56. The van der Waals surface area contributed by atoms with Gasteiger partial charge in [0.05, 0.1) is 24.9 Å². The fraction of sp³-hybridized carbons (Fsp3) is 0.750. The summed E-state index contributed by atoms with van der Waals surface area (Å²) in [5.41, 5.74) is 5.45. The van der Waals surface area contributed by atoms with Gasteiger partial charge >= 0.3 is 0 Å². The van der Waals surface area contributed by atoms with Crippen LogP contribution in [0.1, 0.15) is 0 Å². The van der Waals surface area contributed by atoms with Crippen molar-refractivity contribution in [2.45, 2.75) is 24.5 Å². The summed E-state index contributed by atoms with van der Waals surface area (Å²) >= 11 is 0. The molecule has 0 bridgehead atoms. The largest absolute Gasteiger partial charge is 0.394 e. The van der Waals surface area contributed by atoms with E-state index in [1.165, 1.54) is 6.08 Å². The maximum absolute atomic E-state index is 9.56. The third-order valence-corrected chi connectivity index (χ3v) is 2.31. The van der Waals surface area contributed by atoms with E-state index in [1.54, 1.807) is 0 Å². The van der Waals surface area contributed by atoms with E-state index in [1.807, 2.05) is 0 Å². The molecule has 5 heteroatoms. The lowest BCUT2D eigenvalue weighted by Crippen LogP contribution is -2.58. The van der Waals surface area contributed by atoms with Gasteiger partial charge in [-0.1, -0.05) is 6.08 Å². The van der Waals surface area contributed by atoms with E-state index in [2.05, 4.69) is 6.58 Å². The summed E-state index contributed by atoms with van der Waals surface area (Å²) in [4.78, 5) is 0. The number of aliphatic hydroxyl groups is 3. The molecule has 0 radical (unpaired) electrons. The number of hydrogen-bond acceptors (Lipinski definition) is 5. The first-order valence-electron chi connectivity index (χ1n) is 4.12. The summed E-state index contributed by atoms with van der Waals surface area (Å²) in [6.07, 6.45) is -1.33. The lowest BCUT2D eigenvalue weighted by molar-refractivity contribution is -0.224. The van der Waals surface area contributed by atoms with Crippen LogP contribution in [0.2, 0.25) is 0 Å². The number of nitrogens with two attached hydrogens (primary N) is 1. The molecule has 0 saturated carbocycles. The van der Waals surface area contributed by atoms with Gasteiger partial charge in [-0.25, -0.2) is 0 Å². The summed E-state index contributed by atoms with van der Waals surface area (Å²) in [7, 11) is 0. The molecule has 1 rings (SSSR count). The predicted molar refractivity (Wildman–Crippen MR) is 45.6 cm³/mol. The Labute approximate surface area is 76.4 Å². The fourth-order valence-corrected chi connectivity index (χ4v) is 1.46. The zero-order chi connectivity index (χ0) is 10.0. The minimum absolute atomic E-state index is 0.280. The second-order valence-corrected chi connectivity index (χ2v) is 3.13. The van der Waals surface area contributed by atoms with Crippen molar-refractivity contribution < 1.29 is 20.1 Å². The molecular formula is C8H15NO4. The molecule has 5 nitrogen and oxygen atoms in total. The number of hydrogen-bond donors (Lipinski definition) is 4. The minimum atomic E-state index is -1.23. The van der Waals surface area contributed by atoms with Crippen LogP contribution < -0.4 is 5.73 Å². The number of ether oxygens (including phenoxy) is 1. The van der Waals surface area contributed by atoms with Crippen LogP contribution in [0, 0.1) is 5.92 Å². The van der Waals surface area contributed by atoms with E-state index < -0.39 is 30.5 Å². The highest BCUT2D eigenvalue weighted by Crippen LogP contribution is 2.24. The average molecular weight is 189 g/mol. The Morgan fingerprint density at radius 1 is 1.46 bits per heavy atom. The molecule has 0 aliphatic carbocycles. The summed E-state index contributed by atoms with van der Waals surface area (Å²) in [6, 6.07) is -0.856. The van der Waals surface area contributed by atoms with Gasteiger partial charge in [-0.3, -0.25) is 0 Å². The Balaban J connectivity index is 2.74. The lowest BCUT2D eigenvalue weighted by atomic mass is 9.88. The molecular weight excluding hydrogens is 174 g/mol. The zero-order valence-corrected chi connectivity index (χ0v) is 7.21. The standard InChI is InChI=1S/C8H15NO4/c1-2-4-5(3-10)13-8(12)6(9)7(4)11/h2,4-8,10-12H,1,3,9H2/t4-,5+,6+,7-,8-/m0/s1. The van der Waals surface area contributed by atoms with E-state index in [-0.39, 0.29) is 6.61 Å². The van der Waals surface area contributed by atoms with Crippen LogP contribution in [0.25, 0.3) is 0 Å². The molecule has 13 heavy (non-hydrogen) atoms. The third-order valence-electron chi connectivity index (χ3n) is 2.31. The van der Waals surface area contributed by atoms with Gasteiger partial charge in [-0.05, 0) is 0 Å². The van der Waals surface area contributed by atoms with Crippen molar-refractivity contribution in [3.05, 3.63) is 12.7 Å². The average Bonchev–Trinajstić information content (AvgIpc) is 2.13. The van der Waals surface area contributed by atoms with E-state index >= 15 is 0 Å². The minimum Gasteiger partial charge on any atom is -0.394 e. The molecule has 5 N–H and O–H groups in total. The van der Waals surface area contributed by atoms with Gasteiger partial charge in [-0.15, -0.1) is 6.58 Å². The first-order chi connectivity index (χ1) is 6.11. The van der Waals surface area contributed by atoms with Gasteiger partial charge in [-0.2, -0.15) is 0 Å². The summed E-state index contributed by atoms with van der Waals surface area (Å²) < 4.78 is 4.97. The Hall–Kier alpha value is -0.460. The predicted octanol–water partition coefficient (Wildman–Crippen LogP) is -1.81. The first kappa shape index (κ1) is 10.6. The van der Waals surface area contributed by atoms with Crippen molar-refractivity contribution >= 4 is 0 Å². The lowest BCUT2D eigenvalue weighted by Gasteiger charge is -2.39. The third kappa shape index (κ3) is 1.90. The molecule has 1 saturated heterocycles. The van der Waals surface area contributed by atoms with Crippen molar-refractivity contribution in [3.63, 3.8) is 0 Å². The van der Waals surface area contributed by atoms with Crippen molar-refractivity contribution in [3.8, 4) is 0 Å². The van der Waals surface area contributed by atoms with Crippen molar-refractivity contribution in [1.82, 2.24) is 0 Å². The maximum Gasteiger partial charge on any atom is 0.172 e. The molecule has 1 aliphatic rings. The van der Waals surface area contributed by atoms with Crippen molar-refractivity contribution in [1.29, 1.82) is 0 Å². The van der Waals surface area contributed by atoms with Crippen LogP contribution in [-0.2, 0) is 4.74 Å². The second-order valence-electron chi connectivity index (χ2n) is 3.13. The van der Waals surface area contributed by atoms with Crippen molar-refractivity contribution in [2.24, 2.45) is 11.7 Å². The van der Waals surface area contributed by atoms with Crippen LogP contribution in [-0.4, -0.2) is 46.5 Å². The van der Waals surface area contributed by atoms with E-state index in [4.69, 9.17) is 15.6 Å². The molecule has 0 amide bonds. The van der Waals surface area contributed by atoms with Gasteiger partial charge in [0.2, 0.25) is 0 Å². The van der Waals surface area contributed by atoms with E-state index in [0.29, 0.717) is 0 Å². The van der Waals surface area contributed by atoms with Crippen LogP contribution in [0.15, 0.2) is 12.7 Å². The van der Waals surface area contributed by atoms with Gasteiger partial charge in [0.15, 0.2) is 6.29 Å². The topological polar surface area (TPSA) is 95.9 Å². The van der Waals surface area contributed by atoms with Gasteiger partial charge in [0.25, 0.3) is 0 Å². The molecule has 5 atom stereocenters. The second kappa shape index (κ2) is 4.17. The molecule has 0 aromatic rings. The Morgan fingerprint density at radius 3 is 2.54 bits per heavy atom. The van der Waals surface area contributed by atoms with Crippen molar-refractivity contribution in [2.75, 3.05) is 6.61 Å². The molecule has 0 aromatic heterocycles. The first-order valence-corrected chi connectivity index (χ1v) is 4.12. The van der Waals surface area contributed by atoms with Gasteiger partial charge in [0, 0.05) is 5.92 Å². The SMILES string of the molecule is C=C[C@@H]1[C@H](O)[C@@H](N)[C@@H](O)O[C@@H]1CO. The normalized spacial score (nSPS) is 46.0. The van der Waals surface area contributed by atoms with E-state index in [9.17, 15) is 10.2 Å². The molecule has 76 valence electrons. The van der Waals surface area contributed by atoms with Gasteiger partial charge in [0.1, 0.15) is 0 Å². The van der Waals surface area contributed by atoms with Crippen LogP contribution >= 0.6 is 0 Å². The monoisotopic (exact) mass is 189 g/mol.